The molecule has 2 aromatic rings. The lowest BCUT2D eigenvalue weighted by atomic mass is 10.2. The van der Waals surface area contributed by atoms with E-state index in [1.807, 2.05) is 20.0 Å². The Morgan fingerprint density at radius 1 is 1.21 bits per heavy atom. The lowest BCUT2D eigenvalue weighted by molar-refractivity contribution is 0.194. The second-order valence-electron chi connectivity index (χ2n) is 6.56. The number of aryl methyl sites for hydroxylation is 1. The fourth-order valence-electron chi connectivity index (χ4n) is 3.10. The molecule has 1 aromatic heterocycles. The van der Waals surface area contributed by atoms with E-state index in [0.29, 0.717) is 18.1 Å². The first-order valence-corrected chi connectivity index (χ1v) is 9.43. The first-order valence-electron chi connectivity index (χ1n) is 9.43. The van der Waals surface area contributed by atoms with Crippen molar-refractivity contribution in [2.45, 2.75) is 13.3 Å². The summed E-state index contributed by atoms with van der Waals surface area (Å²) in [6.07, 6.45) is 5.13. The van der Waals surface area contributed by atoms with Crippen molar-refractivity contribution >= 4 is 36.0 Å². The highest BCUT2D eigenvalue weighted by molar-refractivity contribution is 14.0. The summed E-state index contributed by atoms with van der Waals surface area (Å²) in [5, 5.41) is 7.20. The van der Waals surface area contributed by atoms with Gasteiger partial charge >= 0.3 is 0 Å². The van der Waals surface area contributed by atoms with E-state index in [1.54, 1.807) is 0 Å². The zero-order valence-corrected chi connectivity index (χ0v) is 18.9. The Morgan fingerprint density at radius 2 is 1.96 bits per heavy atom. The predicted octanol–water partition coefficient (Wildman–Crippen LogP) is 2.44. The molecule has 152 valence electrons. The molecule has 0 atom stereocenters. The average molecular weight is 496 g/mol. The summed E-state index contributed by atoms with van der Waals surface area (Å²) in [6, 6.07) is 10.4. The lowest BCUT2D eigenvalue weighted by Gasteiger charge is -2.36. The molecule has 0 amide bonds. The fourth-order valence-corrected chi connectivity index (χ4v) is 3.10. The summed E-state index contributed by atoms with van der Waals surface area (Å²) in [6.45, 7) is 7.54. The van der Waals surface area contributed by atoms with Crippen LogP contribution in [0.25, 0.3) is 6.08 Å². The van der Waals surface area contributed by atoms with E-state index in [-0.39, 0.29) is 24.0 Å². The number of guanidine groups is 1. The third-order valence-electron chi connectivity index (χ3n) is 4.55. The molecule has 7 nitrogen and oxygen atoms in total. The number of piperazine rings is 1. The van der Waals surface area contributed by atoms with Crippen LogP contribution in [-0.2, 0) is 6.42 Å². The van der Waals surface area contributed by atoms with Crippen LogP contribution < -0.4 is 5.32 Å². The van der Waals surface area contributed by atoms with Gasteiger partial charge in [-0.1, -0.05) is 47.6 Å². The molecule has 3 rings (SSSR count). The van der Waals surface area contributed by atoms with Crippen LogP contribution in [-0.4, -0.2) is 72.2 Å². The van der Waals surface area contributed by atoms with E-state index in [2.05, 4.69) is 66.7 Å². The minimum atomic E-state index is 0. The molecule has 0 bridgehead atoms. The van der Waals surface area contributed by atoms with E-state index in [1.165, 1.54) is 5.56 Å². The maximum atomic E-state index is 5.14. The number of hydrogen-bond acceptors (Lipinski definition) is 5. The van der Waals surface area contributed by atoms with Crippen molar-refractivity contribution in [1.82, 2.24) is 25.3 Å². The molecular weight excluding hydrogens is 467 g/mol. The van der Waals surface area contributed by atoms with Gasteiger partial charge in [0.15, 0.2) is 11.8 Å². The molecular formula is C20H29IN6O. The highest BCUT2D eigenvalue weighted by Crippen LogP contribution is 2.05. The summed E-state index contributed by atoms with van der Waals surface area (Å²) >= 11 is 0. The number of aromatic nitrogens is 2. The second kappa shape index (κ2) is 11.8. The summed E-state index contributed by atoms with van der Waals surface area (Å²) < 4.78 is 5.14. The molecule has 1 saturated heterocycles. The molecule has 2 heterocycles. The summed E-state index contributed by atoms with van der Waals surface area (Å²) in [5.41, 5.74) is 1.25. The van der Waals surface area contributed by atoms with Crippen molar-refractivity contribution in [3.63, 3.8) is 0 Å². The number of aliphatic imine (C=N–C) groups is 1. The summed E-state index contributed by atoms with van der Waals surface area (Å²) in [4.78, 5) is 13.4. The third-order valence-corrected chi connectivity index (χ3v) is 4.55. The Morgan fingerprint density at radius 3 is 2.61 bits per heavy atom. The Kier molecular flexibility index (Phi) is 9.42. The minimum Gasteiger partial charge on any atom is -0.356 e. The number of benzene rings is 1. The van der Waals surface area contributed by atoms with Gasteiger partial charge in [-0.2, -0.15) is 4.98 Å². The largest absolute Gasteiger partial charge is 0.356 e. The van der Waals surface area contributed by atoms with Crippen molar-refractivity contribution < 1.29 is 4.52 Å². The Balaban J connectivity index is 0.00000280. The number of hydrogen-bond donors (Lipinski definition) is 1. The van der Waals surface area contributed by atoms with Crippen LogP contribution in [0, 0.1) is 6.92 Å². The topological polar surface area (TPSA) is 69.8 Å². The molecule has 0 spiro atoms. The van der Waals surface area contributed by atoms with E-state index >= 15 is 0 Å². The molecule has 0 aliphatic carbocycles. The van der Waals surface area contributed by atoms with Crippen LogP contribution in [0.1, 0.15) is 17.3 Å². The monoisotopic (exact) mass is 496 g/mol. The van der Waals surface area contributed by atoms with Gasteiger partial charge in [-0.3, -0.25) is 9.89 Å². The number of nitrogens with one attached hydrogen (secondary N) is 1. The zero-order valence-electron chi connectivity index (χ0n) is 16.5. The van der Waals surface area contributed by atoms with Gasteiger partial charge in [-0.05, 0) is 12.5 Å². The molecule has 1 aliphatic heterocycles. The molecule has 0 radical (unpaired) electrons. The molecule has 0 unspecified atom stereocenters. The van der Waals surface area contributed by atoms with Gasteiger partial charge in [0.2, 0.25) is 5.89 Å². The number of halogens is 1. The lowest BCUT2D eigenvalue weighted by Crippen LogP contribution is -2.52. The van der Waals surface area contributed by atoms with Crippen LogP contribution >= 0.6 is 24.0 Å². The van der Waals surface area contributed by atoms with Gasteiger partial charge < -0.3 is 14.7 Å². The molecule has 28 heavy (non-hydrogen) atoms. The Hall–Kier alpha value is -1.94. The Bertz CT molecular complexity index is 753. The van der Waals surface area contributed by atoms with Crippen LogP contribution in [0.4, 0.5) is 0 Å². The maximum absolute atomic E-state index is 5.14. The highest BCUT2D eigenvalue weighted by atomic mass is 127. The zero-order chi connectivity index (χ0) is 18.9. The minimum absolute atomic E-state index is 0. The van der Waals surface area contributed by atoms with Crippen molar-refractivity contribution in [2.24, 2.45) is 4.99 Å². The number of nitrogens with zero attached hydrogens (tertiary/aromatic N) is 5. The standard InChI is InChI=1S/C20H28N6O.HI/c1-17-23-19(27-24-17)10-11-22-20(21-2)26-15-13-25(14-16-26)12-6-9-18-7-4-3-5-8-18;/h3-9H,10-16H2,1-2H3,(H,21,22);1H. The van der Waals surface area contributed by atoms with Gasteiger partial charge in [-0.25, -0.2) is 0 Å². The van der Waals surface area contributed by atoms with Crippen LogP contribution in [0.15, 0.2) is 45.9 Å². The normalized spacial score (nSPS) is 15.6. The van der Waals surface area contributed by atoms with Crippen molar-refractivity contribution in [1.29, 1.82) is 0 Å². The van der Waals surface area contributed by atoms with Crippen LogP contribution in [0.3, 0.4) is 0 Å². The molecule has 1 aliphatic rings. The van der Waals surface area contributed by atoms with Crippen LogP contribution in [0.2, 0.25) is 0 Å². The van der Waals surface area contributed by atoms with Gasteiger partial charge in [0, 0.05) is 52.7 Å². The number of rotatable bonds is 6. The predicted molar refractivity (Wildman–Crippen MR) is 123 cm³/mol. The summed E-state index contributed by atoms with van der Waals surface area (Å²) in [5.74, 6) is 2.27. The molecule has 1 aromatic carbocycles. The molecule has 1 fully saturated rings. The molecule has 1 N–H and O–H groups in total. The Labute approximate surface area is 183 Å². The molecule has 8 heteroatoms. The first-order chi connectivity index (χ1) is 13.2. The fraction of sp³-hybridized carbons (Fsp3) is 0.450. The summed E-state index contributed by atoms with van der Waals surface area (Å²) in [7, 11) is 1.83. The first kappa shape index (κ1) is 22.4. The van der Waals surface area contributed by atoms with E-state index in [4.69, 9.17) is 4.52 Å². The smallest absolute Gasteiger partial charge is 0.228 e. The van der Waals surface area contributed by atoms with Gasteiger partial charge in [0.1, 0.15) is 0 Å². The van der Waals surface area contributed by atoms with E-state index in [0.717, 1.165) is 45.2 Å². The highest BCUT2D eigenvalue weighted by Gasteiger charge is 2.18. The average Bonchev–Trinajstić information content (AvgIpc) is 3.12. The van der Waals surface area contributed by atoms with E-state index < -0.39 is 0 Å². The maximum Gasteiger partial charge on any atom is 0.228 e. The SMILES string of the molecule is CN=C(NCCc1nc(C)no1)N1CCN(CC=Cc2ccccc2)CC1.I. The van der Waals surface area contributed by atoms with Gasteiger partial charge in [0.25, 0.3) is 0 Å². The van der Waals surface area contributed by atoms with Crippen molar-refractivity contribution in [3.8, 4) is 0 Å². The third kappa shape index (κ3) is 6.90. The van der Waals surface area contributed by atoms with Crippen molar-refractivity contribution in [2.75, 3.05) is 46.3 Å². The van der Waals surface area contributed by atoms with Crippen molar-refractivity contribution in [3.05, 3.63) is 53.7 Å². The van der Waals surface area contributed by atoms with Crippen LogP contribution in [0.5, 0.6) is 0 Å². The van der Waals surface area contributed by atoms with Gasteiger partial charge in [0.05, 0.1) is 0 Å². The van der Waals surface area contributed by atoms with E-state index in [9.17, 15) is 0 Å². The molecule has 0 saturated carbocycles. The quantitative estimate of drug-likeness (QED) is 0.377. The second-order valence-corrected chi connectivity index (χ2v) is 6.56. The van der Waals surface area contributed by atoms with Gasteiger partial charge in [-0.15, -0.1) is 24.0 Å².